The fraction of sp³-hybridized carbons (Fsp3) is 0.0909. The molecule has 0 aromatic heterocycles. The van der Waals surface area contributed by atoms with Crippen LogP contribution in [0.5, 0.6) is 0 Å². The molecule has 0 unspecified atom stereocenters. The van der Waals surface area contributed by atoms with Crippen LogP contribution >= 0.6 is 0 Å². The highest BCUT2D eigenvalue weighted by Crippen LogP contribution is 2.40. The summed E-state index contributed by atoms with van der Waals surface area (Å²) in [6, 6.07) is 19.3. The van der Waals surface area contributed by atoms with E-state index in [0.717, 1.165) is 16.3 Å². The van der Waals surface area contributed by atoms with Gasteiger partial charge >= 0.3 is 0 Å². The van der Waals surface area contributed by atoms with Crippen molar-refractivity contribution in [2.45, 2.75) is 12.3 Å². The zero-order valence-corrected chi connectivity index (χ0v) is 14.9. The van der Waals surface area contributed by atoms with E-state index in [1.54, 1.807) is 17.3 Å². The van der Waals surface area contributed by atoms with E-state index in [0.29, 0.717) is 17.1 Å². The average molecular weight is 368 g/mol. The third-order valence-electron chi connectivity index (χ3n) is 5.01. The third kappa shape index (κ3) is 2.66. The van der Waals surface area contributed by atoms with Gasteiger partial charge in [0.05, 0.1) is 17.3 Å². The van der Waals surface area contributed by atoms with E-state index < -0.39 is 0 Å². The van der Waals surface area contributed by atoms with Crippen LogP contribution in [0.3, 0.4) is 0 Å². The van der Waals surface area contributed by atoms with Crippen molar-refractivity contribution in [3.8, 4) is 0 Å². The Morgan fingerprint density at radius 1 is 0.929 bits per heavy atom. The lowest BCUT2D eigenvalue weighted by molar-refractivity contribution is -0.124. The molecule has 0 saturated heterocycles. The van der Waals surface area contributed by atoms with Crippen LogP contribution in [0.4, 0.5) is 17.1 Å². The Balaban J connectivity index is 1.70. The fourth-order valence-electron chi connectivity index (χ4n) is 3.70. The first-order valence-corrected chi connectivity index (χ1v) is 9.02. The van der Waals surface area contributed by atoms with Crippen LogP contribution in [-0.4, -0.2) is 24.2 Å². The lowest BCUT2D eigenvalue weighted by Crippen LogP contribution is -2.26. The summed E-state index contributed by atoms with van der Waals surface area (Å²) in [5.41, 5.74) is 3.02. The lowest BCUT2D eigenvalue weighted by Gasteiger charge is -2.24. The van der Waals surface area contributed by atoms with E-state index in [4.69, 9.17) is 0 Å². The van der Waals surface area contributed by atoms with Gasteiger partial charge in [0.25, 0.3) is 0 Å². The maximum Gasteiger partial charge on any atom is 0.241 e. The number of amides is 2. The molecular weight excluding hydrogens is 352 g/mol. The summed E-state index contributed by atoms with van der Waals surface area (Å²) in [5.74, 6) is -0.591. The minimum atomic E-state index is -0.309. The largest absolute Gasteiger partial charge is 0.323 e. The second kappa shape index (κ2) is 6.42. The van der Waals surface area contributed by atoms with Crippen LogP contribution in [0.2, 0.25) is 0 Å². The number of hydrogen-bond acceptors (Lipinski definition) is 4. The highest BCUT2D eigenvalue weighted by molar-refractivity contribution is 6.21. The van der Waals surface area contributed by atoms with Gasteiger partial charge in [-0.05, 0) is 29.1 Å². The van der Waals surface area contributed by atoms with E-state index in [2.05, 4.69) is 15.5 Å². The van der Waals surface area contributed by atoms with Crippen LogP contribution in [0, 0.1) is 0 Å². The van der Waals surface area contributed by atoms with E-state index in [1.165, 1.54) is 0 Å². The quantitative estimate of drug-likeness (QED) is 0.694. The topological polar surface area (TPSA) is 74.1 Å². The molecule has 6 nitrogen and oxygen atoms in total. The van der Waals surface area contributed by atoms with Crippen molar-refractivity contribution < 1.29 is 9.59 Å². The Bertz CT molecular complexity index is 1170. The molecule has 3 aromatic carbocycles. The van der Waals surface area contributed by atoms with Crippen LogP contribution in [0.15, 0.2) is 70.9 Å². The minimum absolute atomic E-state index is 0.0159. The van der Waals surface area contributed by atoms with Crippen molar-refractivity contribution in [2.24, 2.45) is 10.2 Å². The lowest BCUT2D eigenvalue weighted by atomic mass is 10.0. The van der Waals surface area contributed by atoms with Crippen molar-refractivity contribution in [3.63, 3.8) is 0 Å². The second-order valence-corrected chi connectivity index (χ2v) is 6.78. The molecule has 0 atom stereocenters. The van der Waals surface area contributed by atoms with Gasteiger partial charge < -0.3 is 5.32 Å². The van der Waals surface area contributed by atoms with Crippen LogP contribution in [0.1, 0.15) is 17.9 Å². The van der Waals surface area contributed by atoms with Gasteiger partial charge in [0.2, 0.25) is 11.8 Å². The molecule has 2 aliphatic rings. The molecule has 136 valence electrons. The van der Waals surface area contributed by atoms with Gasteiger partial charge in [0, 0.05) is 23.5 Å². The van der Waals surface area contributed by atoms with E-state index in [1.807, 2.05) is 60.7 Å². The van der Waals surface area contributed by atoms with Crippen LogP contribution < -0.4 is 10.2 Å². The van der Waals surface area contributed by atoms with Crippen molar-refractivity contribution in [1.29, 1.82) is 0 Å². The highest BCUT2D eigenvalue weighted by Gasteiger charge is 2.29. The Morgan fingerprint density at radius 3 is 2.61 bits per heavy atom. The number of hydrogen-bond donors (Lipinski definition) is 1. The Hall–Kier alpha value is -3.80. The zero-order valence-electron chi connectivity index (χ0n) is 14.9. The second-order valence-electron chi connectivity index (χ2n) is 6.78. The molecule has 5 rings (SSSR count). The molecule has 6 heteroatoms. The molecular formula is C22H16N4O2. The van der Waals surface area contributed by atoms with Gasteiger partial charge in [-0.1, -0.05) is 42.5 Å². The van der Waals surface area contributed by atoms with Crippen LogP contribution in [-0.2, 0) is 9.59 Å². The number of nitrogens with one attached hydrogen (secondary N) is 1. The molecule has 0 bridgehead atoms. The summed E-state index contributed by atoms with van der Waals surface area (Å²) in [6.45, 7) is 0. The molecule has 0 spiro atoms. The highest BCUT2D eigenvalue weighted by atomic mass is 16.2. The molecule has 0 fully saturated rings. The summed E-state index contributed by atoms with van der Waals surface area (Å²) in [6.07, 6.45) is 3.31. The maximum absolute atomic E-state index is 13.0. The average Bonchev–Trinajstić information content (AvgIpc) is 3.20. The van der Waals surface area contributed by atoms with E-state index in [9.17, 15) is 9.59 Å². The normalized spacial score (nSPS) is 16.4. The predicted molar refractivity (Wildman–Crippen MR) is 111 cm³/mol. The smallest absolute Gasteiger partial charge is 0.241 e. The summed E-state index contributed by atoms with van der Waals surface area (Å²) in [4.78, 5) is 26.9. The number of anilines is 3. The number of carbonyl (C=O) groups excluding carboxylic acids is 2. The molecule has 2 heterocycles. The fourth-order valence-corrected chi connectivity index (χ4v) is 3.70. The Kier molecular flexibility index (Phi) is 3.76. The number of nitrogens with zero attached hydrogens (tertiary/aromatic N) is 3. The maximum atomic E-state index is 13.0. The van der Waals surface area contributed by atoms with E-state index >= 15 is 0 Å². The van der Waals surface area contributed by atoms with Crippen molar-refractivity contribution >= 4 is 52.1 Å². The predicted octanol–water partition coefficient (Wildman–Crippen LogP) is 4.00. The van der Waals surface area contributed by atoms with Gasteiger partial charge in [-0.2, -0.15) is 10.2 Å². The molecule has 2 aliphatic heterocycles. The van der Waals surface area contributed by atoms with Gasteiger partial charge in [-0.3, -0.25) is 14.5 Å². The molecule has 0 aliphatic carbocycles. The Morgan fingerprint density at radius 2 is 1.75 bits per heavy atom. The summed E-state index contributed by atoms with van der Waals surface area (Å²) >= 11 is 0. The van der Waals surface area contributed by atoms with Crippen molar-refractivity contribution in [3.05, 3.63) is 66.2 Å². The molecule has 1 N–H and O–H groups in total. The molecule has 0 saturated carbocycles. The molecule has 3 aromatic rings. The summed E-state index contributed by atoms with van der Waals surface area (Å²) in [7, 11) is 0. The number of rotatable bonds is 2. The Labute approximate surface area is 161 Å². The SMILES string of the molecule is O=C1CC(=O)N(c2cccc(C3C=NN=C3)c2)c2ccc3ccccc3c2N1. The standard InChI is InChI=1S/C22H16N4O2/c27-20-11-21(28)26(17-6-3-5-15(10-17)16-12-23-24-13-16)19-9-8-14-4-1-2-7-18(14)22(19)25-20/h1-10,12-13,16H,11H2,(H,25,27). The van der Waals surface area contributed by atoms with Crippen molar-refractivity contribution in [1.82, 2.24) is 0 Å². The van der Waals surface area contributed by atoms with Gasteiger partial charge in [-0.25, -0.2) is 0 Å². The third-order valence-corrected chi connectivity index (χ3v) is 5.01. The summed E-state index contributed by atoms with van der Waals surface area (Å²) < 4.78 is 0. The number of carbonyl (C=O) groups is 2. The molecule has 28 heavy (non-hydrogen) atoms. The minimum Gasteiger partial charge on any atom is -0.323 e. The first-order valence-electron chi connectivity index (χ1n) is 9.02. The van der Waals surface area contributed by atoms with Crippen LogP contribution in [0.25, 0.3) is 10.8 Å². The van der Waals surface area contributed by atoms with Gasteiger partial charge in [0.1, 0.15) is 6.42 Å². The number of fused-ring (bicyclic) bond motifs is 3. The monoisotopic (exact) mass is 368 g/mol. The summed E-state index contributed by atoms with van der Waals surface area (Å²) in [5, 5.41) is 12.6. The van der Waals surface area contributed by atoms with Crippen molar-refractivity contribution in [2.75, 3.05) is 10.2 Å². The first kappa shape index (κ1) is 16.4. The van der Waals surface area contributed by atoms with Gasteiger partial charge in [0.15, 0.2) is 0 Å². The zero-order chi connectivity index (χ0) is 19.1. The number of benzene rings is 3. The first-order chi connectivity index (χ1) is 13.7. The molecule has 0 radical (unpaired) electrons. The van der Waals surface area contributed by atoms with E-state index in [-0.39, 0.29) is 24.2 Å². The molecule has 2 amide bonds. The van der Waals surface area contributed by atoms with Gasteiger partial charge in [-0.15, -0.1) is 0 Å².